The average Bonchev–Trinajstić information content (AvgIpc) is 1.80. The molecule has 0 spiro atoms. The molecule has 4 nitrogen and oxygen atoms in total. The number of hydrogen-bond donors (Lipinski definition) is 4. The Morgan fingerprint density at radius 3 is 2.00 bits per heavy atom. The zero-order chi connectivity index (χ0) is 8.20. The summed E-state index contributed by atoms with van der Waals surface area (Å²) < 4.78 is 0. The van der Waals surface area contributed by atoms with Crippen LogP contribution in [0.1, 0.15) is 6.92 Å². The first-order valence-corrected chi connectivity index (χ1v) is 3.29. The van der Waals surface area contributed by atoms with Crippen molar-refractivity contribution >= 4 is 0 Å². The summed E-state index contributed by atoms with van der Waals surface area (Å²) in [5.74, 6) is -1.66. The van der Waals surface area contributed by atoms with Crippen LogP contribution in [-0.2, 0) is 0 Å². The highest BCUT2D eigenvalue weighted by atomic mass is 16.5. The molecule has 1 unspecified atom stereocenters. The summed E-state index contributed by atoms with van der Waals surface area (Å²) in [5, 5.41) is 23.7. The normalized spacial score (nSPS) is 15.3. The summed E-state index contributed by atoms with van der Waals surface area (Å²) in [6.07, 6.45) is 0. The van der Waals surface area contributed by atoms with E-state index in [0.717, 1.165) is 0 Å². The van der Waals surface area contributed by atoms with Gasteiger partial charge in [-0.15, -0.1) is 0 Å². The first-order valence-electron chi connectivity index (χ1n) is 3.29. The van der Waals surface area contributed by atoms with E-state index in [2.05, 4.69) is 10.6 Å². The molecule has 0 saturated carbocycles. The van der Waals surface area contributed by atoms with Crippen molar-refractivity contribution < 1.29 is 10.2 Å². The molecule has 0 rings (SSSR count). The molecule has 0 heterocycles. The first-order chi connectivity index (χ1) is 4.52. The Labute approximate surface area is 61.3 Å². The van der Waals surface area contributed by atoms with Gasteiger partial charge in [-0.25, -0.2) is 0 Å². The van der Waals surface area contributed by atoms with E-state index in [1.165, 1.54) is 6.92 Å². The lowest BCUT2D eigenvalue weighted by Gasteiger charge is -2.26. The number of rotatable bonds is 4. The van der Waals surface area contributed by atoms with Crippen LogP contribution < -0.4 is 10.6 Å². The summed E-state index contributed by atoms with van der Waals surface area (Å²) >= 11 is 0. The van der Waals surface area contributed by atoms with Crippen LogP contribution >= 0.6 is 0 Å². The number of nitrogens with one attached hydrogen (secondary N) is 2. The molecule has 10 heavy (non-hydrogen) atoms. The van der Waals surface area contributed by atoms with Gasteiger partial charge in [0, 0.05) is 6.54 Å². The Kier molecular flexibility index (Phi) is 3.81. The minimum atomic E-state index is -1.66. The highest BCUT2D eigenvalue weighted by Gasteiger charge is 2.26. The maximum atomic E-state index is 9.06. The van der Waals surface area contributed by atoms with Crippen LogP contribution in [0.4, 0.5) is 0 Å². The highest BCUT2D eigenvalue weighted by Crippen LogP contribution is 2.02. The molecule has 62 valence electrons. The monoisotopic (exact) mass is 148 g/mol. The highest BCUT2D eigenvalue weighted by molar-refractivity contribution is 4.77. The number of likely N-dealkylation sites (N-methyl/N-ethyl adjacent to an activating group) is 2. The van der Waals surface area contributed by atoms with Gasteiger partial charge in [-0.05, 0) is 21.0 Å². The predicted molar refractivity (Wildman–Crippen MR) is 39.6 cm³/mol. The molecule has 0 aromatic carbocycles. The van der Waals surface area contributed by atoms with Crippen molar-refractivity contribution in [3.63, 3.8) is 0 Å². The molecule has 0 aliphatic carbocycles. The third-order valence-corrected chi connectivity index (χ3v) is 1.42. The second kappa shape index (κ2) is 3.88. The lowest BCUT2D eigenvalue weighted by molar-refractivity contribution is -0.165. The fourth-order valence-electron chi connectivity index (χ4n) is 0.773. The lowest BCUT2D eigenvalue weighted by Crippen LogP contribution is -2.52. The molecule has 0 amide bonds. The van der Waals surface area contributed by atoms with Gasteiger partial charge in [0.25, 0.3) is 0 Å². The van der Waals surface area contributed by atoms with E-state index < -0.39 is 5.79 Å². The molecule has 0 aromatic rings. The molecule has 4 N–H and O–H groups in total. The van der Waals surface area contributed by atoms with E-state index in [0.29, 0.717) is 6.54 Å². The lowest BCUT2D eigenvalue weighted by atomic mass is 10.1. The van der Waals surface area contributed by atoms with Gasteiger partial charge in [0.1, 0.15) is 0 Å². The minimum absolute atomic E-state index is 0.336. The van der Waals surface area contributed by atoms with Gasteiger partial charge in [0.2, 0.25) is 0 Å². The molecule has 4 heteroatoms. The Hall–Kier alpha value is -0.160. The summed E-state index contributed by atoms with van der Waals surface area (Å²) in [5.41, 5.74) is 0. The van der Waals surface area contributed by atoms with Crippen LogP contribution in [0.25, 0.3) is 0 Å². The van der Waals surface area contributed by atoms with Gasteiger partial charge in [-0.1, -0.05) is 0 Å². The van der Waals surface area contributed by atoms with Crippen molar-refractivity contribution in [2.24, 2.45) is 0 Å². The fourth-order valence-corrected chi connectivity index (χ4v) is 0.773. The van der Waals surface area contributed by atoms with Crippen LogP contribution in [0.2, 0.25) is 0 Å². The molecule has 0 fully saturated rings. The minimum Gasteiger partial charge on any atom is -0.365 e. The molecule has 0 saturated heterocycles. The van der Waals surface area contributed by atoms with E-state index in [1.54, 1.807) is 14.1 Å². The Balaban J connectivity index is 3.81. The van der Waals surface area contributed by atoms with Crippen LogP contribution in [-0.4, -0.2) is 42.7 Å². The van der Waals surface area contributed by atoms with E-state index in [9.17, 15) is 0 Å². The van der Waals surface area contributed by atoms with Crippen molar-refractivity contribution in [2.45, 2.75) is 18.8 Å². The van der Waals surface area contributed by atoms with Gasteiger partial charge in [-0.2, -0.15) is 0 Å². The SMILES string of the molecule is CNCC(NC)C(C)(O)O. The Morgan fingerprint density at radius 2 is 1.90 bits per heavy atom. The van der Waals surface area contributed by atoms with E-state index >= 15 is 0 Å². The van der Waals surface area contributed by atoms with E-state index in [-0.39, 0.29) is 6.04 Å². The Morgan fingerprint density at radius 1 is 1.40 bits per heavy atom. The maximum absolute atomic E-state index is 9.06. The molecule has 0 radical (unpaired) electrons. The fraction of sp³-hybridized carbons (Fsp3) is 1.00. The third-order valence-electron chi connectivity index (χ3n) is 1.42. The van der Waals surface area contributed by atoms with Gasteiger partial charge in [-0.3, -0.25) is 0 Å². The number of aliphatic hydroxyl groups is 2. The van der Waals surface area contributed by atoms with E-state index in [1.807, 2.05) is 0 Å². The predicted octanol–water partition coefficient (Wildman–Crippen LogP) is -1.51. The second-order valence-corrected chi connectivity index (χ2v) is 2.49. The summed E-state index contributed by atoms with van der Waals surface area (Å²) in [4.78, 5) is 0. The first kappa shape index (κ1) is 9.84. The van der Waals surface area contributed by atoms with Crippen LogP contribution in [0.3, 0.4) is 0 Å². The molecule has 1 atom stereocenters. The second-order valence-electron chi connectivity index (χ2n) is 2.49. The average molecular weight is 148 g/mol. The molecular formula is C6H16N2O2. The standard InChI is InChI=1S/C6H16N2O2/c1-6(9,10)5(8-3)4-7-2/h5,7-10H,4H2,1-3H3. The van der Waals surface area contributed by atoms with Crippen molar-refractivity contribution in [3.8, 4) is 0 Å². The Bertz CT molecular complexity index is 90.2. The van der Waals surface area contributed by atoms with Gasteiger partial charge in [0.05, 0.1) is 6.04 Å². The van der Waals surface area contributed by atoms with Crippen molar-refractivity contribution in [1.29, 1.82) is 0 Å². The zero-order valence-electron chi connectivity index (χ0n) is 6.68. The van der Waals surface area contributed by atoms with Gasteiger partial charge >= 0.3 is 0 Å². The summed E-state index contributed by atoms with van der Waals surface area (Å²) in [7, 11) is 3.45. The summed E-state index contributed by atoms with van der Waals surface area (Å²) in [6, 6.07) is -0.336. The van der Waals surface area contributed by atoms with Crippen molar-refractivity contribution in [3.05, 3.63) is 0 Å². The molecule has 0 aliphatic rings. The van der Waals surface area contributed by atoms with Crippen LogP contribution in [0, 0.1) is 0 Å². The topological polar surface area (TPSA) is 64.5 Å². The van der Waals surface area contributed by atoms with Gasteiger partial charge < -0.3 is 20.8 Å². The zero-order valence-corrected chi connectivity index (χ0v) is 6.68. The smallest absolute Gasteiger partial charge is 0.176 e. The maximum Gasteiger partial charge on any atom is 0.176 e. The number of hydrogen-bond acceptors (Lipinski definition) is 4. The quantitative estimate of drug-likeness (QED) is 0.366. The largest absolute Gasteiger partial charge is 0.365 e. The summed E-state index contributed by atoms with van der Waals surface area (Å²) in [6.45, 7) is 1.88. The van der Waals surface area contributed by atoms with Crippen molar-refractivity contribution in [1.82, 2.24) is 10.6 Å². The molecule has 0 aromatic heterocycles. The van der Waals surface area contributed by atoms with Crippen LogP contribution in [0.5, 0.6) is 0 Å². The third kappa shape index (κ3) is 3.12. The molecular weight excluding hydrogens is 132 g/mol. The molecule has 0 aliphatic heterocycles. The molecule has 0 bridgehead atoms. The van der Waals surface area contributed by atoms with Crippen molar-refractivity contribution in [2.75, 3.05) is 20.6 Å². The van der Waals surface area contributed by atoms with E-state index in [4.69, 9.17) is 10.2 Å². The van der Waals surface area contributed by atoms with Gasteiger partial charge in [0.15, 0.2) is 5.79 Å². The van der Waals surface area contributed by atoms with Crippen LogP contribution in [0.15, 0.2) is 0 Å².